The summed E-state index contributed by atoms with van der Waals surface area (Å²) in [7, 11) is 1.64. The number of aromatic nitrogens is 1. The van der Waals surface area contributed by atoms with Crippen LogP contribution in [0.15, 0.2) is 35.1 Å². The normalized spacial score (nSPS) is 10.1. The Balaban J connectivity index is 0.00000242. The molecule has 0 aliphatic carbocycles. The number of rotatable bonds is 6. The number of ether oxygens (including phenoxy) is 2. The quantitative estimate of drug-likeness (QED) is 0.576. The number of pyridine rings is 1. The number of nitrogens with zero attached hydrogens (tertiary/aromatic N) is 1. The third-order valence-corrected chi connectivity index (χ3v) is 3.28. The van der Waals surface area contributed by atoms with E-state index in [9.17, 15) is 4.79 Å². The molecule has 0 atom stereocenters. The predicted octanol–water partition coefficient (Wildman–Crippen LogP) is 2.67. The summed E-state index contributed by atoms with van der Waals surface area (Å²) in [4.78, 5) is 12.1. The summed E-state index contributed by atoms with van der Waals surface area (Å²) < 4.78 is 12.2. The van der Waals surface area contributed by atoms with Crippen LogP contribution in [0, 0.1) is 13.0 Å². The minimum atomic E-state index is 0. The molecule has 0 N–H and O–H groups in total. The molecule has 0 spiro atoms. The van der Waals surface area contributed by atoms with E-state index in [1.807, 2.05) is 38.1 Å². The van der Waals surface area contributed by atoms with Gasteiger partial charge in [0, 0.05) is 46.4 Å². The topological polar surface area (TPSA) is 40.5 Å². The van der Waals surface area contributed by atoms with E-state index in [1.165, 1.54) is 0 Å². The zero-order chi connectivity index (χ0) is 15.2. The average Bonchev–Trinajstić information content (AvgIpc) is 2.51. The Hall–Kier alpha value is -0.966. The first-order chi connectivity index (χ1) is 10.2. The summed E-state index contributed by atoms with van der Waals surface area (Å²) in [5.41, 5.74) is 2.50. The molecule has 0 aliphatic rings. The smallest absolute Gasteiger partial charge is 0.197 e. The maximum absolute atomic E-state index is 12.1. The molecule has 115 valence electrons. The summed E-state index contributed by atoms with van der Waals surface area (Å²) in [5, 5.41) is 0. The fourth-order valence-corrected chi connectivity index (χ4v) is 2.12. The molecule has 0 aliphatic heterocycles. The second-order valence-corrected chi connectivity index (χ2v) is 4.74. The van der Waals surface area contributed by atoms with Gasteiger partial charge in [0.1, 0.15) is 12.4 Å². The van der Waals surface area contributed by atoms with Crippen molar-refractivity contribution < 1.29 is 42.2 Å². The van der Waals surface area contributed by atoms with Gasteiger partial charge in [-0.05, 0) is 19.1 Å². The Bertz CT molecular complexity index is 650. The zero-order valence-electron chi connectivity index (χ0n) is 13.3. The van der Waals surface area contributed by atoms with Crippen LogP contribution < -0.4 is 10.3 Å². The number of aryl methyl sites for hydroxylation is 1. The Labute approximate surface area is 156 Å². The summed E-state index contributed by atoms with van der Waals surface area (Å²) in [6.07, 6.45) is 0. The number of hydrogen-bond acceptors (Lipinski definition) is 3. The molecular formula is C17H20NO3Y-. The first-order valence-corrected chi connectivity index (χ1v) is 7.01. The minimum absolute atomic E-state index is 0. The molecule has 1 aromatic carbocycles. The van der Waals surface area contributed by atoms with Crippen LogP contribution in [0.2, 0.25) is 0 Å². The van der Waals surface area contributed by atoms with Gasteiger partial charge in [0.2, 0.25) is 0 Å². The van der Waals surface area contributed by atoms with E-state index in [1.54, 1.807) is 17.7 Å². The van der Waals surface area contributed by atoms with Gasteiger partial charge in [-0.1, -0.05) is 23.7 Å². The molecule has 4 nitrogen and oxygen atoms in total. The molecular weight excluding hydrogens is 355 g/mol. The van der Waals surface area contributed by atoms with Crippen molar-refractivity contribution >= 4 is 0 Å². The molecule has 1 heterocycles. The average molecular weight is 375 g/mol. The fourth-order valence-electron chi connectivity index (χ4n) is 2.12. The third-order valence-electron chi connectivity index (χ3n) is 3.28. The molecule has 2 rings (SSSR count). The fraction of sp³-hybridized carbons (Fsp3) is 0.353. The van der Waals surface area contributed by atoms with Crippen molar-refractivity contribution in [1.82, 2.24) is 4.57 Å². The van der Waals surface area contributed by atoms with Crippen LogP contribution in [-0.2, 0) is 44.0 Å². The van der Waals surface area contributed by atoms with Crippen LogP contribution in [0.4, 0.5) is 0 Å². The summed E-state index contributed by atoms with van der Waals surface area (Å²) in [5.74, 6) is 0.785. The molecule has 2 aromatic rings. The number of benzene rings is 1. The van der Waals surface area contributed by atoms with E-state index < -0.39 is 0 Å². The van der Waals surface area contributed by atoms with Gasteiger partial charge in [-0.15, -0.1) is 12.1 Å². The molecule has 0 fully saturated rings. The van der Waals surface area contributed by atoms with Gasteiger partial charge in [-0.25, -0.2) is 0 Å². The molecule has 1 aromatic heterocycles. The van der Waals surface area contributed by atoms with Crippen molar-refractivity contribution in [3.05, 3.63) is 52.3 Å². The zero-order valence-corrected chi connectivity index (χ0v) is 16.1. The molecule has 0 saturated heterocycles. The first-order valence-electron chi connectivity index (χ1n) is 7.01. The van der Waals surface area contributed by atoms with Gasteiger partial charge in [-0.2, -0.15) is 12.1 Å². The monoisotopic (exact) mass is 375 g/mol. The summed E-state index contributed by atoms with van der Waals surface area (Å²) in [6.45, 7) is 5.47. The largest absolute Gasteiger partial charge is 0.491 e. The van der Waals surface area contributed by atoms with Gasteiger partial charge in [0.05, 0.1) is 6.61 Å². The first kappa shape index (κ1) is 19.1. The van der Waals surface area contributed by atoms with E-state index in [-0.39, 0.29) is 38.3 Å². The van der Waals surface area contributed by atoms with Crippen molar-refractivity contribution in [1.29, 1.82) is 0 Å². The SMILES string of the molecule is CCn1c(-c2ccc(OCCOC)cc2)[c-]cc(C)c1=O.[Y]. The second kappa shape index (κ2) is 9.24. The van der Waals surface area contributed by atoms with Gasteiger partial charge in [0.25, 0.3) is 0 Å². The van der Waals surface area contributed by atoms with Gasteiger partial charge >= 0.3 is 0 Å². The number of methoxy groups -OCH3 is 1. The standard InChI is InChI=1S/C17H20NO3.Y/c1-4-18-16(10-5-13(2)17(18)19)14-6-8-15(9-7-14)21-12-11-20-3;/h5-9H,4,11-12H2,1-3H3;/q-1;. The van der Waals surface area contributed by atoms with Crippen LogP contribution in [0.1, 0.15) is 12.5 Å². The maximum Gasteiger partial charge on any atom is 0.197 e. The molecule has 22 heavy (non-hydrogen) atoms. The van der Waals surface area contributed by atoms with Crippen molar-refractivity contribution in [2.24, 2.45) is 0 Å². The minimum Gasteiger partial charge on any atom is -0.491 e. The van der Waals surface area contributed by atoms with Crippen molar-refractivity contribution in [3.63, 3.8) is 0 Å². The van der Waals surface area contributed by atoms with E-state index >= 15 is 0 Å². The predicted molar refractivity (Wildman–Crippen MR) is 82.8 cm³/mol. The van der Waals surface area contributed by atoms with Crippen LogP contribution in [0.25, 0.3) is 11.3 Å². The van der Waals surface area contributed by atoms with Gasteiger partial charge in [0.15, 0.2) is 5.56 Å². The molecule has 0 unspecified atom stereocenters. The Kier molecular flexibility index (Phi) is 8.01. The summed E-state index contributed by atoms with van der Waals surface area (Å²) >= 11 is 0. The molecule has 1 radical (unpaired) electrons. The molecule has 0 amide bonds. The van der Waals surface area contributed by atoms with Crippen molar-refractivity contribution in [2.45, 2.75) is 20.4 Å². The van der Waals surface area contributed by atoms with Crippen LogP contribution in [0.5, 0.6) is 5.75 Å². The van der Waals surface area contributed by atoms with Gasteiger partial charge in [-0.3, -0.25) is 4.79 Å². The van der Waals surface area contributed by atoms with E-state index in [2.05, 4.69) is 6.07 Å². The second-order valence-electron chi connectivity index (χ2n) is 4.74. The van der Waals surface area contributed by atoms with Crippen LogP contribution in [0.3, 0.4) is 0 Å². The third kappa shape index (κ3) is 4.51. The van der Waals surface area contributed by atoms with E-state index in [4.69, 9.17) is 9.47 Å². The summed E-state index contributed by atoms with van der Waals surface area (Å²) in [6, 6.07) is 12.6. The molecule has 0 bridgehead atoms. The Morgan fingerprint density at radius 1 is 1.18 bits per heavy atom. The Morgan fingerprint density at radius 2 is 1.86 bits per heavy atom. The van der Waals surface area contributed by atoms with Gasteiger partial charge < -0.3 is 14.0 Å². The van der Waals surface area contributed by atoms with E-state index in [0.29, 0.717) is 25.3 Å². The Morgan fingerprint density at radius 3 is 2.45 bits per heavy atom. The van der Waals surface area contributed by atoms with Crippen molar-refractivity contribution in [3.8, 4) is 17.0 Å². The molecule has 5 heteroatoms. The van der Waals surface area contributed by atoms with E-state index in [0.717, 1.165) is 17.0 Å². The number of hydrogen-bond donors (Lipinski definition) is 0. The maximum atomic E-state index is 12.1. The van der Waals surface area contributed by atoms with Crippen LogP contribution in [-0.4, -0.2) is 24.9 Å². The molecule has 0 saturated carbocycles. The van der Waals surface area contributed by atoms with Crippen LogP contribution >= 0.6 is 0 Å². The van der Waals surface area contributed by atoms with Crippen molar-refractivity contribution in [2.75, 3.05) is 20.3 Å².